The Morgan fingerprint density at radius 3 is 2.73 bits per heavy atom. The summed E-state index contributed by atoms with van der Waals surface area (Å²) in [5.41, 5.74) is -1.01. The van der Waals surface area contributed by atoms with Crippen molar-refractivity contribution in [3.63, 3.8) is 0 Å². The number of amides is 1. The van der Waals surface area contributed by atoms with Crippen molar-refractivity contribution in [1.29, 1.82) is 0 Å². The minimum absolute atomic E-state index is 0.00818. The van der Waals surface area contributed by atoms with Gasteiger partial charge in [-0.15, -0.1) is 5.10 Å². The predicted molar refractivity (Wildman–Crippen MR) is 82.6 cm³/mol. The van der Waals surface area contributed by atoms with E-state index in [9.17, 15) is 18.4 Å². The maximum atomic E-state index is 13.1. The molecule has 2 heterocycles. The van der Waals surface area contributed by atoms with Gasteiger partial charge in [0.1, 0.15) is 18.6 Å². The van der Waals surface area contributed by atoms with Crippen LogP contribution in [0.25, 0.3) is 0 Å². The second-order valence-electron chi connectivity index (χ2n) is 4.90. The van der Waals surface area contributed by atoms with Crippen molar-refractivity contribution in [1.82, 2.24) is 19.7 Å². The van der Waals surface area contributed by atoms with Gasteiger partial charge in [0.05, 0.1) is 6.61 Å². The molecule has 2 aromatic heterocycles. The van der Waals surface area contributed by atoms with E-state index < -0.39 is 43.6 Å². The zero-order chi connectivity index (χ0) is 19.1. The molecule has 0 unspecified atom stereocenters. The molecule has 0 aliphatic heterocycles. The Bertz CT molecular complexity index is 789. The van der Waals surface area contributed by atoms with Crippen LogP contribution in [0.2, 0.25) is 0 Å². The number of rotatable bonds is 8. The third-order valence-corrected chi connectivity index (χ3v) is 3.14. The lowest BCUT2D eigenvalue weighted by molar-refractivity contribution is -0.165. The Kier molecular flexibility index (Phi) is 6.77. The van der Waals surface area contributed by atoms with E-state index in [2.05, 4.69) is 20.5 Å². The maximum absolute atomic E-state index is 13.1. The number of halogens is 2. The van der Waals surface area contributed by atoms with Gasteiger partial charge in [0.2, 0.25) is 6.36 Å². The van der Waals surface area contributed by atoms with Crippen LogP contribution in [0.3, 0.4) is 0 Å². The first-order valence-electron chi connectivity index (χ1n) is 7.29. The van der Waals surface area contributed by atoms with Crippen molar-refractivity contribution in [3.8, 4) is 0 Å². The van der Waals surface area contributed by atoms with Gasteiger partial charge < -0.3 is 20.3 Å². The molecule has 0 bridgehead atoms. The number of ether oxygens (including phenoxy) is 1. The fraction of sp³-hybridized carbons (Fsp3) is 0.357. The fourth-order valence-electron chi connectivity index (χ4n) is 1.88. The van der Waals surface area contributed by atoms with Crippen LogP contribution in [0.5, 0.6) is 0 Å². The van der Waals surface area contributed by atoms with E-state index in [0.29, 0.717) is 4.57 Å². The Balaban J connectivity index is 2.15. The standard InChI is InChI=1S/C14H15F2N5O5/c15-6-11(26-9(7-22)12(16)23)21-5-3-10(19-14(21)25)18-13(24)8-2-1-4-17-20-8/h1-5,9,11-12,22-23H,6-7H2,(H,18,19,24,25)/t9-,11-,12-/m1/s1. The lowest BCUT2D eigenvalue weighted by Gasteiger charge is -2.23. The van der Waals surface area contributed by atoms with Crippen molar-refractivity contribution in [2.75, 3.05) is 18.6 Å². The van der Waals surface area contributed by atoms with Crippen LogP contribution in [0.1, 0.15) is 16.7 Å². The minimum Gasteiger partial charge on any atom is -0.393 e. The summed E-state index contributed by atoms with van der Waals surface area (Å²) in [6.45, 7) is -2.18. The molecule has 0 aromatic carbocycles. The van der Waals surface area contributed by atoms with E-state index >= 15 is 0 Å². The molecular formula is C14H15F2N5O5. The van der Waals surface area contributed by atoms with Gasteiger partial charge >= 0.3 is 5.69 Å². The summed E-state index contributed by atoms with van der Waals surface area (Å²) in [4.78, 5) is 27.5. The van der Waals surface area contributed by atoms with E-state index in [4.69, 9.17) is 14.9 Å². The number of anilines is 1. The molecule has 140 valence electrons. The molecule has 0 fully saturated rings. The average molecular weight is 371 g/mol. The smallest absolute Gasteiger partial charge is 0.351 e. The van der Waals surface area contributed by atoms with Crippen molar-refractivity contribution < 1.29 is 28.5 Å². The van der Waals surface area contributed by atoms with Gasteiger partial charge in [0.15, 0.2) is 11.9 Å². The van der Waals surface area contributed by atoms with Gasteiger partial charge in [-0.3, -0.25) is 9.36 Å². The summed E-state index contributed by atoms with van der Waals surface area (Å²) in [6.07, 6.45) is -3.49. The highest BCUT2D eigenvalue weighted by atomic mass is 19.1. The number of aliphatic hydroxyl groups excluding tert-OH is 2. The van der Waals surface area contributed by atoms with Gasteiger partial charge in [0.25, 0.3) is 5.91 Å². The Morgan fingerprint density at radius 2 is 2.19 bits per heavy atom. The van der Waals surface area contributed by atoms with Crippen LogP contribution in [-0.2, 0) is 4.74 Å². The number of alkyl halides is 2. The van der Waals surface area contributed by atoms with Crippen LogP contribution in [0.4, 0.5) is 14.6 Å². The van der Waals surface area contributed by atoms with Gasteiger partial charge in [0, 0.05) is 12.4 Å². The normalized spacial score (nSPS) is 14.5. The molecule has 3 atom stereocenters. The van der Waals surface area contributed by atoms with Gasteiger partial charge in [-0.05, 0) is 18.2 Å². The highest BCUT2D eigenvalue weighted by Crippen LogP contribution is 2.14. The van der Waals surface area contributed by atoms with Crippen molar-refractivity contribution in [3.05, 3.63) is 46.8 Å². The Morgan fingerprint density at radius 1 is 1.42 bits per heavy atom. The van der Waals surface area contributed by atoms with Crippen LogP contribution in [0, 0.1) is 0 Å². The predicted octanol–water partition coefficient (Wildman–Crippen LogP) is -0.581. The number of nitrogens with one attached hydrogen (secondary N) is 1. The zero-order valence-corrected chi connectivity index (χ0v) is 13.2. The van der Waals surface area contributed by atoms with Crippen LogP contribution in [0.15, 0.2) is 35.4 Å². The first kappa shape index (κ1) is 19.5. The topological polar surface area (TPSA) is 139 Å². The number of nitrogens with zero attached hydrogens (tertiary/aromatic N) is 4. The quantitative estimate of drug-likeness (QED) is 0.560. The molecule has 0 aliphatic carbocycles. The summed E-state index contributed by atoms with van der Waals surface area (Å²) in [6, 6.07) is 4.07. The minimum atomic E-state index is -2.57. The number of aliphatic hydroxyl groups is 2. The first-order valence-corrected chi connectivity index (χ1v) is 7.29. The average Bonchev–Trinajstić information content (AvgIpc) is 2.64. The van der Waals surface area contributed by atoms with Crippen molar-refractivity contribution in [2.24, 2.45) is 0 Å². The highest BCUT2D eigenvalue weighted by Gasteiger charge is 2.25. The largest absolute Gasteiger partial charge is 0.393 e. The van der Waals surface area contributed by atoms with E-state index in [-0.39, 0.29) is 11.5 Å². The molecule has 0 aliphatic rings. The maximum Gasteiger partial charge on any atom is 0.351 e. The number of hydrogen-bond donors (Lipinski definition) is 3. The molecular weight excluding hydrogens is 356 g/mol. The van der Waals surface area contributed by atoms with Crippen LogP contribution >= 0.6 is 0 Å². The van der Waals surface area contributed by atoms with Gasteiger partial charge in [-0.1, -0.05) is 0 Å². The third kappa shape index (κ3) is 4.84. The Labute approximate surface area is 145 Å². The lowest BCUT2D eigenvalue weighted by Crippen LogP contribution is -2.37. The SMILES string of the molecule is O=C(Nc1ccn([C@@H](CF)O[C@H](CO)[C@@H](O)F)c(=O)n1)c1cccnn1. The number of aromatic nitrogens is 4. The molecule has 0 spiro atoms. The summed E-state index contributed by atoms with van der Waals surface area (Å²) in [5, 5.41) is 27.1. The fourth-order valence-corrected chi connectivity index (χ4v) is 1.88. The number of carbonyl (C=O) groups is 1. The van der Waals surface area contributed by atoms with Crippen LogP contribution < -0.4 is 11.0 Å². The molecule has 0 saturated carbocycles. The van der Waals surface area contributed by atoms with E-state index in [1.165, 1.54) is 24.4 Å². The molecule has 26 heavy (non-hydrogen) atoms. The second-order valence-corrected chi connectivity index (χ2v) is 4.90. The third-order valence-electron chi connectivity index (χ3n) is 3.14. The molecule has 3 N–H and O–H groups in total. The highest BCUT2D eigenvalue weighted by molar-refractivity contribution is 6.02. The lowest BCUT2D eigenvalue weighted by atomic mass is 10.3. The molecule has 2 aromatic rings. The molecule has 0 radical (unpaired) electrons. The summed E-state index contributed by atoms with van der Waals surface area (Å²) >= 11 is 0. The molecule has 10 nitrogen and oxygen atoms in total. The van der Waals surface area contributed by atoms with E-state index in [0.717, 1.165) is 6.20 Å². The van der Waals surface area contributed by atoms with Crippen LogP contribution in [-0.4, -0.2) is 61.6 Å². The second kappa shape index (κ2) is 9.03. The Hall–Kier alpha value is -2.83. The number of carbonyl (C=O) groups excluding carboxylic acids is 1. The molecule has 0 saturated heterocycles. The summed E-state index contributed by atoms with van der Waals surface area (Å²) in [7, 11) is 0. The zero-order valence-electron chi connectivity index (χ0n) is 13.2. The molecule has 1 amide bonds. The molecule has 12 heteroatoms. The van der Waals surface area contributed by atoms with Crippen molar-refractivity contribution in [2.45, 2.75) is 18.7 Å². The van der Waals surface area contributed by atoms with Gasteiger partial charge in [-0.25, -0.2) is 13.6 Å². The first-order chi connectivity index (χ1) is 12.5. The summed E-state index contributed by atoms with van der Waals surface area (Å²) < 4.78 is 31.5. The van der Waals surface area contributed by atoms with Crippen molar-refractivity contribution >= 4 is 11.7 Å². The van der Waals surface area contributed by atoms with E-state index in [1.54, 1.807) is 0 Å². The monoisotopic (exact) mass is 371 g/mol. The number of hydrogen-bond acceptors (Lipinski definition) is 8. The van der Waals surface area contributed by atoms with E-state index in [1.807, 2.05) is 0 Å². The van der Waals surface area contributed by atoms with Gasteiger partial charge in [-0.2, -0.15) is 10.1 Å². The summed E-state index contributed by atoms with van der Waals surface area (Å²) in [5.74, 6) is -0.800. The molecule has 2 rings (SSSR count).